The fourth-order valence-electron chi connectivity index (χ4n) is 4.28. The van der Waals surface area contributed by atoms with Gasteiger partial charge in [0.2, 0.25) is 0 Å². The molecule has 1 N–H and O–H groups in total. The molecule has 0 unspecified atom stereocenters. The minimum Gasteiger partial charge on any atom is -0.366 e. The van der Waals surface area contributed by atoms with E-state index in [1.165, 1.54) is 18.5 Å². The van der Waals surface area contributed by atoms with Crippen LogP contribution in [0.5, 0.6) is 0 Å². The van der Waals surface area contributed by atoms with E-state index in [2.05, 4.69) is 43.9 Å². The molecule has 34 heavy (non-hydrogen) atoms. The summed E-state index contributed by atoms with van der Waals surface area (Å²) in [5.74, 6) is -3.79. The summed E-state index contributed by atoms with van der Waals surface area (Å²) >= 11 is 6.50. The summed E-state index contributed by atoms with van der Waals surface area (Å²) in [5.41, 5.74) is 0.663. The summed E-state index contributed by atoms with van der Waals surface area (Å²) in [6, 6.07) is 5.75. The molecule has 182 valence electrons. The number of benzene rings is 1. The number of rotatable bonds is 6. The van der Waals surface area contributed by atoms with Crippen LogP contribution in [-0.4, -0.2) is 52.1 Å². The number of fused-ring (bicyclic) bond motifs is 1. The second-order valence-corrected chi connectivity index (χ2v) is 9.33. The Balaban J connectivity index is 1.65. The van der Waals surface area contributed by atoms with Crippen molar-refractivity contribution in [3.05, 3.63) is 52.7 Å². The Kier molecular flexibility index (Phi) is 6.87. The number of nitrogens with zero attached hydrogens (tertiary/aromatic N) is 5. The fraction of sp³-hybridized carbons (Fsp3) is 0.458. The van der Waals surface area contributed by atoms with Gasteiger partial charge in [0.05, 0.1) is 22.7 Å². The van der Waals surface area contributed by atoms with Gasteiger partial charge in [0.25, 0.3) is 5.92 Å². The van der Waals surface area contributed by atoms with Gasteiger partial charge in [0, 0.05) is 44.7 Å². The molecule has 1 aliphatic heterocycles. The number of halogens is 4. The van der Waals surface area contributed by atoms with Gasteiger partial charge >= 0.3 is 0 Å². The molecule has 0 aliphatic carbocycles. The van der Waals surface area contributed by atoms with Crippen molar-refractivity contribution >= 4 is 34.1 Å². The number of aromatic nitrogens is 3. The number of anilines is 2. The van der Waals surface area contributed by atoms with Gasteiger partial charge in [-0.05, 0) is 26.8 Å². The number of hydrogen-bond donors (Lipinski definition) is 1. The SMILES string of the molecule is CC(C)N1CCN(c2cc3c(N[C@H](C)c4cccc(C(C)(F)F)c4F)ncnc3nc2Cl)CC1. The van der Waals surface area contributed by atoms with Gasteiger partial charge in [-0.25, -0.2) is 28.1 Å². The first kappa shape index (κ1) is 24.5. The van der Waals surface area contributed by atoms with E-state index >= 15 is 0 Å². The molecule has 3 heterocycles. The lowest BCUT2D eigenvalue weighted by molar-refractivity contribution is 0.0136. The molecule has 0 radical (unpaired) electrons. The van der Waals surface area contributed by atoms with Crippen LogP contribution < -0.4 is 10.2 Å². The number of hydrogen-bond acceptors (Lipinski definition) is 6. The standard InChI is InChI=1S/C24H28ClF3N6/c1-14(2)33-8-10-34(11-9-33)19-12-17-22(29-13-30-23(17)32-21(19)25)31-15(3)16-6-5-7-18(20(16)26)24(4,27)28/h5-7,12-15H,8-11H2,1-4H3,(H,29,30,31,32)/t15-/m1/s1. The van der Waals surface area contributed by atoms with Crippen molar-refractivity contribution in [2.75, 3.05) is 36.4 Å². The third kappa shape index (κ3) is 4.90. The van der Waals surface area contributed by atoms with Crippen molar-refractivity contribution in [3.63, 3.8) is 0 Å². The summed E-state index contributed by atoms with van der Waals surface area (Å²) in [7, 11) is 0. The summed E-state index contributed by atoms with van der Waals surface area (Å²) in [4.78, 5) is 17.6. The quantitative estimate of drug-likeness (QED) is 0.450. The van der Waals surface area contributed by atoms with Crippen molar-refractivity contribution in [2.45, 2.75) is 45.7 Å². The van der Waals surface area contributed by atoms with E-state index in [9.17, 15) is 13.2 Å². The van der Waals surface area contributed by atoms with Crippen molar-refractivity contribution in [1.82, 2.24) is 19.9 Å². The second-order valence-electron chi connectivity index (χ2n) is 8.97. The molecule has 1 aromatic carbocycles. The van der Waals surface area contributed by atoms with Crippen LogP contribution in [0.15, 0.2) is 30.6 Å². The van der Waals surface area contributed by atoms with E-state index in [1.807, 2.05) is 6.07 Å². The zero-order valence-electron chi connectivity index (χ0n) is 19.6. The zero-order chi connectivity index (χ0) is 24.6. The van der Waals surface area contributed by atoms with Crippen LogP contribution in [0.25, 0.3) is 11.0 Å². The van der Waals surface area contributed by atoms with Crippen molar-refractivity contribution in [2.24, 2.45) is 0 Å². The van der Waals surface area contributed by atoms with Gasteiger partial charge in [-0.15, -0.1) is 0 Å². The van der Waals surface area contributed by atoms with E-state index < -0.39 is 23.3 Å². The molecule has 0 bridgehead atoms. The molecular formula is C24H28ClF3N6. The Morgan fingerprint density at radius 1 is 1.09 bits per heavy atom. The molecule has 0 amide bonds. The molecular weight excluding hydrogens is 465 g/mol. The first-order chi connectivity index (χ1) is 16.1. The smallest absolute Gasteiger partial charge is 0.273 e. The van der Waals surface area contributed by atoms with Gasteiger partial charge in [-0.1, -0.05) is 29.8 Å². The van der Waals surface area contributed by atoms with Gasteiger partial charge in [-0.3, -0.25) is 4.90 Å². The van der Waals surface area contributed by atoms with Crippen LogP contribution in [0.3, 0.4) is 0 Å². The number of pyridine rings is 1. The largest absolute Gasteiger partial charge is 0.366 e. The van der Waals surface area contributed by atoms with Crippen molar-refractivity contribution < 1.29 is 13.2 Å². The highest BCUT2D eigenvalue weighted by Gasteiger charge is 2.30. The molecule has 1 atom stereocenters. The molecule has 1 fully saturated rings. The average molecular weight is 493 g/mol. The topological polar surface area (TPSA) is 57.2 Å². The van der Waals surface area contributed by atoms with E-state index in [1.54, 1.807) is 6.92 Å². The van der Waals surface area contributed by atoms with E-state index in [0.717, 1.165) is 37.9 Å². The monoisotopic (exact) mass is 492 g/mol. The molecule has 1 saturated heterocycles. The van der Waals surface area contributed by atoms with E-state index in [0.29, 0.717) is 35.0 Å². The van der Waals surface area contributed by atoms with Crippen LogP contribution >= 0.6 is 11.6 Å². The van der Waals surface area contributed by atoms with E-state index in [-0.39, 0.29) is 5.56 Å². The van der Waals surface area contributed by atoms with Crippen LogP contribution in [0.4, 0.5) is 24.7 Å². The van der Waals surface area contributed by atoms with Gasteiger partial charge in [-0.2, -0.15) is 0 Å². The maximum Gasteiger partial charge on any atom is 0.273 e. The maximum atomic E-state index is 14.9. The lowest BCUT2D eigenvalue weighted by Crippen LogP contribution is -2.49. The highest BCUT2D eigenvalue weighted by molar-refractivity contribution is 6.32. The van der Waals surface area contributed by atoms with Gasteiger partial charge in [0.15, 0.2) is 10.8 Å². The van der Waals surface area contributed by atoms with Crippen molar-refractivity contribution in [3.8, 4) is 0 Å². The number of nitrogens with one attached hydrogen (secondary N) is 1. The lowest BCUT2D eigenvalue weighted by atomic mass is 10.0. The van der Waals surface area contributed by atoms with E-state index in [4.69, 9.17) is 11.6 Å². The Morgan fingerprint density at radius 3 is 2.44 bits per heavy atom. The Morgan fingerprint density at radius 2 is 1.79 bits per heavy atom. The normalized spacial score (nSPS) is 16.3. The molecule has 6 nitrogen and oxygen atoms in total. The first-order valence-electron chi connectivity index (χ1n) is 11.3. The molecule has 10 heteroatoms. The maximum absolute atomic E-state index is 14.9. The zero-order valence-corrected chi connectivity index (χ0v) is 20.4. The Labute approximate surface area is 202 Å². The molecule has 1 aliphatic rings. The summed E-state index contributed by atoms with van der Waals surface area (Å²) in [5, 5.41) is 4.12. The Bertz CT molecular complexity index is 1180. The number of alkyl halides is 2. The molecule has 4 rings (SSSR count). The summed E-state index contributed by atoms with van der Waals surface area (Å²) < 4.78 is 42.5. The predicted molar refractivity (Wildman–Crippen MR) is 129 cm³/mol. The molecule has 3 aromatic rings. The minimum absolute atomic E-state index is 0.123. The molecule has 0 saturated carbocycles. The van der Waals surface area contributed by atoms with Gasteiger partial charge < -0.3 is 10.2 Å². The average Bonchev–Trinajstić information content (AvgIpc) is 2.78. The predicted octanol–water partition coefficient (Wildman–Crippen LogP) is 5.63. The van der Waals surface area contributed by atoms with Crippen LogP contribution in [0.2, 0.25) is 5.15 Å². The Hall–Kier alpha value is -2.65. The minimum atomic E-state index is -3.28. The first-order valence-corrected chi connectivity index (χ1v) is 11.7. The fourth-order valence-corrected chi connectivity index (χ4v) is 4.53. The van der Waals surface area contributed by atoms with Crippen molar-refractivity contribution in [1.29, 1.82) is 0 Å². The third-order valence-electron chi connectivity index (χ3n) is 6.27. The highest BCUT2D eigenvalue weighted by atomic mass is 35.5. The number of piperazine rings is 1. The lowest BCUT2D eigenvalue weighted by Gasteiger charge is -2.38. The summed E-state index contributed by atoms with van der Waals surface area (Å²) in [6.45, 7) is 10.2. The van der Waals surface area contributed by atoms with Crippen LogP contribution in [-0.2, 0) is 5.92 Å². The second kappa shape index (κ2) is 9.54. The molecule has 0 spiro atoms. The molecule has 2 aromatic heterocycles. The summed E-state index contributed by atoms with van der Waals surface area (Å²) in [6.07, 6.45) is 1.34. The van der Waals surface area contributed by atoms with Gasteiger partial charge in [0.1, 0.15) is 18.0 Å². The third-order valence-corrected chi connectivity index (χ3v) is 6.54. The van der Waals surface area contributed by atoms with Crippen LogP contribution in [0, 0.1) is 5.82 Å². The highest BCUT2D eigenvalue weighted by Crippen LogP contribution is 2.35. The van der Waals surface area contributed by atoms with Crippen LogP contribution in [0.1, 0.15) is 44.9 Å².